The molecular formula is C19H24Cl3N5O. The van der Waals surface area contributed by atoms with Crippen LogP contribution in [0.15, 0.2) is 24.4 Å². The minimum Gasteiger partial charge on any atom is -0.351 e. The highest BCUT2D eigenvalue weighted by Gasteiger charge is 2.41. The van der Waals surface area contributed by atoms with Crippen molar-refractivity contribution in [2.45, 2.75) is 32.2 Å². The van der Waals surface area contributed by atoms with E-state index in [-0.39, 0.29) is 30.7 Å². The Bertz CT molecular complexity index is 890. The number of nitrogens with zero attached hydrogens (tertiary/aromatic N) is 3. The summed E-state index contributed by atoms with van der Waals surface area (Å²) < 4.78 is 0. The van der Waals surface area contributed by atoms with Gasteiger partial charge >= 0.3 is 0 Å². The van der Waals surface area contributed by atoms with Crippen molar-refractivity contribution >= 4 is 54.0 Å². The van der Waals surface area contributed by atoms with Crippen LogP contribution in [0.4, 0.5) is 11.6 Å². The molecule has 1 atom stereocenters. The second-order valence-corrected chi connectivity index (χ2v) is 7.87. The van der Waals surface area contributed by atoms with Gasteiger partial charge in [-0.2, -0.15) is 0 Å². The van der Waals surface area contributed by atoms with Crippen LogP contribution >= 0.6 is 36.4 Å². The van der Waals surface area contributed by atoms with E-state index in [1.165, 1.54) is 0 Å². The molecule has 4 rings (SSSR count). The van der Waals surface area contributed by atoms with Gasteiger partial charge in [0.15, 0.2) is 0 Å². The van der Waals surface area contributed by atoms with Crippen LogP contribution in [0, 0.1) is 0 Å². The Morgan fingerprint density at radius 3 is 2.75 bits per heavy atom. The number of rotatable bonds is 2. The third-order valence-electron chi connectivity index (χ3n) is 5.22. The Morgan fingerprint density at radius 1 is 1.29 bits per heavy atom. The summed E-state index contributed by atoms with van der Waals surface area (Å²) >= 11 is 6.44. The smallest absolute Gasteiger partial charge is 0.235 e. The van der Waals surface area contributed by atoms with E-state index >= 15 is 0 Å². The lowest BCUT2D eigenvalue weighted by Crippen LogP contribution is -2.50. The highest BCUT2D eigenvalue weighted by atomic mass is 35.5. The molecule has 1 saturated heterocycles. The summed E-state index contributed by atoms with van der Waals surface area (Å²) in [5.41, 5.74) is 1.87. The van der Waals surface area contributed by atoms with Crippen molar-refractivity contribution in [1.29, 1.82) is 0 Å². The van der Waals surface area contributed by atoms with E-state index in [0.29, 0.717) is 16.9 Å². The van der Waals surface area contributed by atoms with Gasteiger partial charge in [-0.05, 0) is 39.0 Å². The molecule has 152 valence electrons. The molecule has 2 aliphatic rings. The number of hydrogen-bond donors (Lipinski definition) is 2. The highest BCUT2D eigenvalue weighted by Crippen LogP contribution is 2.42. The molecule has 28 heavy (non-hydrogen) atoms. The maximum atomic E-state index is 12.3. The molecule has 2 aliphatic heterocycles. The molecule has 2 aromatic heterocycles. The van der Waals surface area contributed by atoms with Crippen LogP contribution in [-0.2, 0) is 10.2 Å². The molecule has 0 aliphatic carbocycles. The SMILES string of the molecule is C[C@@H]1CNCCN1c1cc(Cl)cc(-c2ccnc3c2C(C)(C)C(=O)N3)n1.Cl.Cl. The Morgan fingerprint density at radius 2 is 2.04 bits per heavy atom. The van der Waals surface area contributed by atoms with Crippen molar-refractivity contribution in [2.75, 3.05) is 29.9 Å². The fourth-order valence-corrected chi connectivity index (χ4v) is 3.93. The molecule has 2 N–H and O–H groups in total. The van der Waals surface area contributed by atoms with Crippen LogP contribution in [0.2, 0.25) is 5.02 Å². The monoisotopic (exact) mass is 443 g/mol. The summed E-state index contributed by atoms with van der Waals surface area (Å²) in [6, 6.07) is 6.00. The molecular weight excluding hydrogens is 421 g/mol. The summed E-state index contributed by atoms with van der Waals surface area (Å²) in [6.07, 6.45) is 1.70. The predicted molar refractivity (Wildman–Crippen MR) is 118 cm³/mol. The summed E-state index contributed by atoms with van der Waals surface area (Å²) in [5.74, 6) is 1.42. The van der Waals surface area contributed by atoms with E-state index in [9.17, 15) is 4.79 Å². The van der Waals surface area contributed by atoms with Gasteiger partial charge in [-0.3, -0.25) is 4.79 Å². The van der Waals surface area contributed by atoms with Gasteiger partial charge in [0.2, 0.25) is 5.91 Å². The zero-order chi connectivity index (χ0) is 18.5. The second kappa shape index (κ2) is 8.41. The average Bonchev–Trinajstić information content (AvgIpc) is 2.84. The Labute approximate surface area is 182 Å². The average molecular weight is 445 g/mol. The first-order chi connectivity index (χ1) is 12.4. The lowest BCUT2D eigenvalue weighted by Gasteiger charge is -2.35. The Hall–Kier alpha value is -1.60. The zero-order valence-corrected chi connectivity index (χ0v) is 18.3. The van der Waals surface area contributed by atoms with Crippen molar-refractivity contribution < 1.29 is 4.79 Å². The molecule has 0 bridgehead atoms. The molecule has 0 radical (unpaired) electrons. The van der Waals surface area contributed by atoms with Crippen molar-refractivity contribution in [1.82, 2.24) is 15.3 Å². The number of carbonyl (C=O) groups is 1. The number of nitrogens with one attached hydrogen (secondary N) is 2. The third kappa shape index (κ3) is 3.79. The van der Waals surface area contributed by atoms with E-state index in [0.717, 1.165) is 42.3 Å². The van der Waals surface area contributed by atoms with Crippen molar-refractivity contribution in [2.24, 2.45) is 0 Å². The molecule has 0 spiro atoms. The highest BCUT2D eigenvalue weighted by molar-refractivity contribution is 6.31. The van der Waals surface area contributed by atoms with E-state index in [2.05, 4.69) is 27.4 Å². The summed E-state index contributed by atoms with van der Waals surface area (Å²) in [4.78, 5) is 23.8. The lowest BCUT2D eigenvalue weighted by atomic mass is 9.83. The molecule has 9 heteroatoms. The minimum absolute atomic E-state index is 0. The van der Waals surface area contributed by atoms with E-state index in [1.54, 1.807) is 6.20 Å². The maximum Gasteiger partial charge on any atom is 0.235 e. The van der Waals surface area contributed by atoms with Crippen LogP contribution in [0.25, 0.3) is 11.3 Å². The number of fused-ring (bicyclic) bond motifs is 1. The van der Waals surface area contributed by atoms with Gasteiger partial charge in [-0.15, -0.1) is 24.8 Å². The second-order valence-electron chi connectivity index (χ2n) is 7.44. The van der Waals surface area contributed by atoms with Crippen molar-refractivity contribution in [3.8, 4) is 11.3 Å². The number of aromatic nitrogens is 2. The summed E-state index contributed by atoms with van der Waals surface area (Å²) in [6.45, 7) is 8.70. The molecule has 0 unspecified atom stereocenters. The molecule has 6 nitrogen and oxygen atoms in total. The zero-order valence-electron chi connectivity index (χ0n) is 16.0. The van der Waals surface area contributed by atoms with Gasteiger partial charge in [0, 0.05) is 48.0 Å². The fraction of sp³-hybridized carbons (Fsp3) is 0.421. The van der Waals surface area contributed by atoms with Gasteiger partial charge in [0.05, 0.1) is 11.1 Å². The number of amides is 1. The van der Waals surface area contributed by atoms with E-state index in [4.69, 9.17) is 16.6 Å². The number of hydrogen-bond acceptors (Lipinski definition) is 5. The number of pyridine rings is 2. The topological polar surface area (TPSA) is 70.2 Å². The molecule has 0 saturated carbocycles. The van der Waals surface area contributed by atoms with Crippen LogP contribution in [0.1, 0.15) is 26.3 Å². The first-order valence-corrected chi connectivity index (χ1v) is 9.22. The van der Waals surface area contributed by atoms with Gasteiger partial charge in [-0.25, -0.2) is 9.97 Å². The maximum absolute atomic E-state index is 12.3. The molecule has 4 heterocycles. The molecule has 2 aromatic rings. The third-order valence-corrected chi connectivity index (χ3v) is 5.44. The van der Waals surface area contributed by atoms with Crippen molar-refractivity contribution in [3.63, 3.8) is 0 Å². The van der Waals surface area contributed by atoms with Gasteiger partial charge in [0.25, 0.3) is 0 Å². The van der Waals surface area contributed by atoms with Crippen LogP contribution < -0.4 is 15.5 Å². The van der Waals surface area contributed by atoms with E-state index < -0.39 is 5.41 Å². The van der Waals surface area contributed by atoms with Crippen LogP contribution in [0.5, 0.6) is 0 Å². The van der Waals surface area contributed by atoms with Crippen molar-refractivity contribution in [3.05, 3.63) is 35.0 Å². The molecule has 1 amide bonds. The Kier molecular flexibility index (Phi) is 6.82. The summed E-state index contributed by atoms with van der Waals surface area (Å²) in [7, 11) is 0. The minimum atomic E-state index is -0.661. The molecule has 0 aromatic carbocycles. The predicted octanol–water partition coefficient (Wildman–Crippen LogP) is 3.67. The van der Waals surface area contributed by atoms with Gasteiger partial charge in [0.1, 0.15) is 11.6 Å². The first kappa shape index (κ1) is 22.7. The molecule has 1 fully saturated rings. The number of halogens is 3. The number of piperazine rings is 1. The first-order valence-electron chi connectivity index (χ1n) is 8.84. The summed E-state index contributed by atoms with van der Waals surface area (Å²) in [5, 5.41) is 6.89. The van der Waals surface area contributed by atoms with Gasteiger partial charge in [-0.1, -0.05) is 11.6 Å². The lowest BCUT2D eigenvalue weighted by molar-refractivity contribution is -0.119. The normalized spacial score (nSPS) is 19.9. The Balaban J connectivity index is 0.00000140. The standard InChI is InChI=1S/C19H22ClN5O.2ClH/c1-11-10-21-6-7-25(11)15-9-12(20)8-14(23-15)13-4-5-22-17-16(13)19(2,3)18(26)24-17;;/h4-5,8-9,11,21H,6-7,10H2,1-3H3,(H,22,24,26);2*1H/t11-;;/m1../s1. The fourth-order valence-electron chi connectivity index (χ4n) is 3.73. The number of anilines is 2. The van der Waals surface area contributed by atoms with Crippen LogP contribution in [-0.4, -0.2) is 41.6 Å². The number of carbonyl (C=O) groups excluding carboxylic acids is 1. The largest absolute Gasteiger partial charge is 0.351 e. The van der Waals surface area contributed by atoms with Crippen LogP contribution in [0.3, 0.4) is 0 Å². The quantitative estimate of drug-likeness (QED) is 0.739. The van der Waals surface area contributed by atoms with Gasteiger partial charge < -0.3 is 15.5 Å². The van der Waals surface area contributed by atoms with E-state index in [1.807, 2.05) is 32.0 Å².